The molecule has 5 nitrogen and oxygen atoms in total. The van der Waals surface area contributed by atoms with Gasteiger partial charge < -0.3 is 9.64 Å². The maximum atomic E-state index is 10.7. The van der Waals surface area contributed by atoms with E-state index in [4.69, 9.17) is 9.94 Å². The van der Waals surface area contributed by atoms with E-state index in [1.165, 1.54) is 0 Å². The van der Waals surface area contributed by atoms with Crippen LogP contribution in [0.1, 0.15) is 0 Å². The molecule has 0 bridgehead atoms. The Kier molecular flexibility index (Phi) is 2.82. The lowest BCUT2D eigenvalue weighted by molar-refractivity contribution is -0.729. The van der Waals surface area contributed by atoms with E-state index >= 15 is 0 Å². The molecule has 0 radical (unpaired) electrons. The van der Waals surface area contributed by atoms with Crippen molar-refractivity contribution in [2.24, 2.45) is 0 Å². The topological polar surface area (TPSA) is 52.8 Å². The van der Waals surface area contributed by atoms with Gasteiger partial charge in [-0.1, -0.05) is 6.07 Å². The Balaban J connectivity index is 2.19. The Hall–Kier alpha value is -1.62. The lowest BCUT2D eigenvalue weighted by Crippen LogP contribution is -2.36. The Bertz CT molecular complexity index is 361. The Morgan fingerprint density at radius 3 is 2.73 bits per heavy atom. The summed E-state index contributed by atoms with van der Waals surface area (Å²) in [5, 5.41) is 8.78. The molecule has 1 aromatic rings. The van der Waals surface area contributed by atoms with Crippen molar-refractivity contribution in [1.82, 2.24) is 0 Å². The van der Waals surface area contributed by atoms with Crippen LogP contribution in [0.15, 0.2) is 24.3 Å². The first kappa shape index (κ1) is 9.92. The summed E-state index contributed by atoms with van der Waals surface area (Å²) in [6.07, 6.45) is 0. The average Bonchev–Trinajstić information content (AvgIpc) is 2.30. The molecule has 0 saturated carbocycles. The van der Waals surface area contributed by atoms with Gasteiger partial charge >= 0.3 is 5.69 Å². The van der Waals surface area contributed by atoms with Crippen LogP contribution in [0.2, 0.25) is 0 Å². The number of hydrogen-bond donors (Lipinski definition) is 1. The van der Waals surface area contributed by atoms with Crippen molar-refractivity contribution in [3.63, 3.8) is 0 Å². The third-order valence-corrected chi connectivity index (χ3v) is 2.43. The van der Waals surface area contributed by atoms with E-state index in [0.29, 0.717) is 13.2 Å². The van der Waals surface area contributed by atoms with Gasteiger partial charge in [0, 0.05) is 30.9 Å². The van der Waals surface area contributed by atoms with Crippen LogP contribution in [0.25, 0.3) is 0 Å². The second-order valence-corrected chi connectivity index (χ2v) is 3.39. The van der Waals surface area contributed by atoms with Crippen molar-refractivity contribution >= 4 is 11.4 Å². The summed E-state index contributed by atoms with van der Waals surface area (Å²) in [5.74, 6) is 0. The number of rotatable bonds is 2. The van der Waals surface area contributed by atoms with E-state index in [9.17, 15) is 4.91 Å². The van der Waals surface area contributed by atoms with Crippen LogP contribution < -0.4 is 4.90 Å². The molecule has 80 valence electrons. The minimum atomic E-state index is -0.121. The number of nitrogens with zero attached hydrogens (tertiary/aromatic N) is 2. The first-order valence-electron chi connectivity index (χ1n) is 4.86. The zero-order chi connectivity index (χ0) is 10.7. The smallest absolute Gasteiger partial charge is 0.318 e. The lowest BCUT2D eigenvalue weighted by atomic mass is 10.2. The molecule has 0 aliphatic carbocycles. The molecule has 2 rings (SSSR count). The molecule has 0 spiro atoms. The molecule has 1 fully saturated rings. The molecule has 1 aromatic carbocycles. The summed E-state index contributed by atoms with van der Waals surface area (Å²) in [6, 6.07) is 6.90. The maximum absolute atomic E-state index is 10.7. The summed E-state index contributed by atoms with van der Waals surface area (Å²) in [4.78, 5) is 12.7. The summed E-state index contributed by atoms with van der Waals surface area (Å²) in [5.41, 5.74) is 1.18. The largest absolute Gasteiger partial charge is 0.378 e. The lowest BCUT2D eigenvalue weighted by Gasteiger charge is -2.28. The molecule has 5 heteroatoms. The quantitative estimate of drug-likeness (QED) is 0.746. The minimum Gasteiger partial charge on any atom is -0.378 e. The van der Waals surface area contributed by atoms with E-state index < -0.39 is 0 Å². The second kappa shape index (κ2) is 4.27. The molecule has 0 atom stereocenters. The van der Waals surface area contributed by atoms with Crippen LogP contribution in [-0.4, -0.2) is 36.4 Å². The molecule has 15 heavy (non-hydrogen) atoms. The standard InChI is InChI=1S/C10H13N2O3/c13-12(14)10-3-1-2-9(8-10)11-4-6-15-7-5-11/h1-3,8H,4-7H2,(H,13,14)/q+1. The number of ether oxygens (including phenoxy) is 1. The highest BCUT2D eigenvalue weighted by Crippen LogP contribution is 2.21. The first-order chi connectivity index (χ1) is 7.27. The SMILES string of the molecule is O=[N+](O)c1cccc(N2CCOCC2)c1. The number of morpholine rings is 1. The summed E-state index contributed by atoms with van der Waals surface area (Å²) in [7, 11) is 0. The fraction of sp³-hybridized carbons (Fsp3) is 0.400. The van der Waals surface area contributed by atoms with E-state index in [2.05, 4.69) is 4.90 Å². The monoisotopic (exact) mass is 209 g/mol. The zero-order valence-corrected chi connectivity index (χ0v) is 8.30. The molecular weight excluding hydrogens is 196 g/mol. The van der Waals surface area contributed by atoms with Crippen molar-refractivity contribution < 1.29 is 14.9 Å². The van der Waals surface area contributed by atoms with Crippen molar-refractivity contribution in [3.05, 3.63) is 29.2 Å². The molecule has 0 amide bonds. The first-order valence-corrected chi connectivity index (χ1v) is 4.86. The van der Waals surface area contributed by atoms with Crippen molar-refractivity contribution in [2.45, 2.75) is 0 Å². The highest BCUT2D eigenvalue weighted by atomic mass is 16.6. The van der Waals surface area contributed by atoms with E-state index in [0.717, 1.165) is 18.8 Å². The van der Waals surface area contributed by atoms with Crippen LogP contribution in [0.5, 0.6) is 0 Å². The van der Waals surface area contributed by atoms with Gasteiger partial charge in [-0.3, -0.25) is 0 Å². The molecule has 1 heterocycles. The highest BCUT2D eigenvalue weighted by molar-refractivity contribution is 5.53. The van der Waals surface area contributed by atoms with Crippen LogP contribution in [0.3, 0.4) is 0 Å². The predicted molar refractivity (Wildman–Crippen MR) is 54.5 cm³/mol. The van der Waals surface area contributed by atoms with E-state index in [1.807, 2.05) is 6.07 Å². The molecular formula is C10H13N2O3+. The summed E-state index contributed by atoms with van der Waals surface area (Å²) in [6.45, 7) is 3.02. The van der Waals surface area contributed by atoms with Gasteiger partial charge in [-0.25, -0.2) is 5.21 Å². The van der Waals surface area contributed by atoms with Gasteiger partial charge in [-0.2, -0.15) is 0 Å². The summed E-state index contributed by atoms with van der Waals surface area (Å²) < 4.78 is 5.24. The Labute approximate surface area is 87.4 Å². The average molecular weight is 209 g/mol. The molecule has 1 saturated heterocycles. The van der Waals surface area contributed by atoms with Gasteiger partial charge in [0.25, 0.3) is 4.92 Å². The number of hydrogen-bond acceptors (Lipinski definition) is 3. The molecule has 1 N–H and O–H groups in total. The Morgan fingerprint density at radius 1 is 1.33 bits per heavy atom. The van der Waals surface area contributed by atoms with Crippen LogP contribution in [-0.2, 0) is 4.74 Å². The van der Waals surface area contributed by atoms with Gasteiger partial charge in [0.1, 0.15) is 0 Å². The van der Waals surface area contributed by atoms with Crippen LogP contribution in [0, 0.1) is 4.91 Å². The number of benzene rings is 1. The second-order valence-electron chi connectivity index (χ2n) is 3.39. The van der Waals surface area contributed by atoms with Gasteiger partial charge in [-0.05, 0) is 6.07 Å². The normalized spacial score (nSPS) is 16.4. The van der Waals surface area contributed by atoms with Gasteiger partial charge in [0.15, 0.2) is 0 Å². The number of anilines is 1. The molecule has 0 unspecified atom stereocenters. The predicted octanol–water partition coefficient (Wildman–Crippen LogP) is 1.32. The third kappa shape index (κ3) is 2.24. The molecule has 1 aliphatic rings. The fourth-order valence-corrected chi connectivity index (χ4v) is 1.63. The van der Waals surface area contributed by atoms with E-state index in [1.54, 1.807) is 18.2 Å². The van der Waals surface area contributed by atoms with Gasteiger partial charge in [-0.15, -0.1) is 0 Å². The van der Waals surface area contributed by atoms with Crippen LogP contribution >= 0.6 is 0 Å². The third-order valence-electron chi connectivity index (χ3n) is 2.43. The van der Waals surface area contributed by atoms with Crippen molar-refractivity contribution in [3.8, 4) is 0 Å². The van der Waals surface area contributed by atoms with Gasteiger partial charge in [0.05, 0.1) is 18.1 Å². The van der Waals surface area contributed by atoms with Crippen molar-refractivity contribution in [2.75, 3.05) is 31.2 Å². The summed E-state index contributed by atoms with van der Waals surface area (Å²) >= 11 is 0. The molecule has 0 aromatic heterocycles. The zero-order valence-electron chi connectivity index (χ0n) is 8.30. The Morgan fingerprint density at radius 2 is 2.07 bits per heavy atom. The highest BCUT2D eigenvalue weighted by Gasteiger charge is 2.16. The van der Waals surface area contributed by atoms with Crippen LogP contribution in [0.4, 0.5) is 11.4 Å². The van der Waals surface area contributed by atoms with E-state index in [-0.39, 0.29) is 10.6 Å². The minimum absolute atomic E-state index is 0.121. The fourth-order valence-electron chi connectivity index (χ4n) is 1.63. The van der Waals surface area contributed by atoms with Crippen molar-refractivity contribution in [1.29, 1.82) is 0 Å². The molecule has 1 aliphatic heterocycles. The van der Waals surface area contributed by atoms with Gasteiger partial charge in [0.2, 0.25) is 0 Å². The maximum Gasteiger partial charge on any atom is 0.318 e.